The molecule has 2 aromatic carbocycles. The second-order valence-corrected chi connectivity index (χ2v) is 11.9. The van der Waals surface area contributed by atoms with Crippen molar-refractivity contribution in [2.75, 3.05) is 0 Å². The Morgan fingerprint density at radius 2 is 0.933 bits per heavy atom. The number of rotatable bonds is 2. The van der Waals surface area contributed by atoms with Crippen LogP contribution in [-0.2, 0) is 0 Å². The molecule has 0 radical (unpaired) electrons. The maximum absolute atomic E-state index is 2.37. The van der Waals surface area contributed by atoms with Gasteiger partial charge in [-0.3, -0.25) is 0 Å². The monoisotopic (exact) mass is 460 g/mol. The lowest BCUT2D eigenvalue weighted by Crippen LogP contribution is -1.80. The van der Waals surface area contributed by atoms with Crippen LogP contribution in [0.15, 0.2) is 35.0 Å². The van der Waals surface area contributed by atoms with Gasteiger partial charge < -0.3 is 0 Å². The quantitative estimate of drug-likeness (QED) is 0.241. The number of hydrogen-bond donors (Lipinski definition) is 0. The van der Waals surface area contributed by atoms with Crippen molar-refractivity contribution in [1.29, 1.82) is 0 Å². The third-order valence-electron chi connectivity index (χ3n) is 6.31. The van der Waals surface area contributed by atoms with Crippen LogP contribution in [0.5, 0.6) is 0 Å². The second-order valence-electron chi connectivity index (χ2n) is 7.94. The summed E-state index contributed by atoms with van der Waals surface area (Å²) in [5.41, 5.74) is 5.72. The fraction of sp³-hybridized carbons (Fsp3) is 0.154. The molecule has 0 fully saturated rings. The van der Waals surface area contributed by atoms with E-state index < -0.39 is 0 Å². The Morgan fingerprint density at radius 1 is 0.533 bits per heavy atom. The van der Waals surface area contributed by atoms with Crippen molar-refractivity contribution in [1.82, 2.24) is 0 Å². The summed E-state index contributed by atoms with van der Waals surface area (Å²) in [7, 11) is 0. The van der Waals surface area contributed by atoms with Crippen LogP contribution in [0.1, 0.15) is 32.0 Å². The van der Waals surface area contributed by atoms with Gasteiger partial charge in [-0.25, -0.2) is 0 Å². The molecule has 30 heavy (non-hydrogen) atoms. The van der Waals surface area contributed by atoms with Crippen molar-refractivity contribution in [3.05, 3.63) is 67.0 Å². The van der Waals surface area contributed by atoms with Crippen LogP contribution in [0.25, 0.3) is 52.5 Å². The summed E-state index contributed by atoms with van der Waals surface area (Å²) in [6.07, 6.45) is 4.60. The van der Waals surface area contributed by atoms with E-state index in [-0.39, 0.29) is 0 Å². The molecule has 4 aromatic heterocycles. The van der Waals surface area contributed by atoms with Gasteiger partial charge in [0.05, 0.1) is 0 Å². The Labute approximate surface area is 191 Å². The second kappa shape index (κ2) is 6.76. The topological polar surface area (TPSA) is 0 Å². The van der Waals surface area contributed by atoms with Crippen LogP contribution in [-0.4, -0.2) is 0 Å². The van der Waals surface area contributed by atoms with Gasteiger partial charge in [-0.1, -0.05) is 0 Å². The van der Waals surface area contributed by atoms with Gasteiger partial charge in [0, 0.05) is 50.1 Å². The highest BCUT2D eigenvalue weighted by Crippen LogP contribution is 2.42. The minimum absolute atomic E-state index is 1.33. The summed E-state index contributed by atoms with van der Waals surface area (Å²) in [5, 5.41) is 10.1. The van der Waals surface area contributed by atoms with Crippen molar-refractivity contribution in [2.24, 2.45) is 0 Å². The maximum atomic E-state index is 2.37. The largest absolute Gasteiger partial charge is 0.144 e. The molecule has 0 N–H and O–H groups in total. The van der Waals surface area contributed by atoms with E-state index in [4.69, 9.17) is 0 Å². The van der Waals surface area contributed by atoms with Crippen molar-refractivity contribution in [3.8, 4) is 0 Å². The Kier molecular flexibility index (Phi) is 4.23. The lowest BCUT2D eigenvalue weighted by Gasteiger charge is -2.03. The van der Waals surface area contributed by atoms with E-state index in [1.165, 1.54) is 72.4 Å². The molecule has 148 valence electrons. The van der Waals surface area contributed by atoms with E-state index in [9.17, 15) is 0 Å². The van der Waals surface area contributed by atoms with Crippen molar-refractivity contribution >= 4 is 97.8 Å². The van der Waals surface area contributed by atoms with Gasteiger partial charge in [0.2, 0.25) is 0 Å². The van der Waals surface area contributed by atoms with Crippen LogP contribution in [0.3, 0.4) is 0 Å². The summed E-state index contributed by atoms with van der Waals surface area (Å²) >= 11 is 7.55. The van der Waals surface area contributed by atoms with Crippen molar-refractivity contribution < 1.29 is 0 Å². The van der Waals surface area contributed by atoms with Gasteiger partial charge in [-0.15, -0.1) is 45.3 Å². The van der Waals surface area contributed by atoms with Crippen LogP contribution >= 0.6 is 45.3 Å². The Hall–Kier alpha value is -1.98. The number of fused-ring (bicyclic) bond motifs is 6. The standard InChI is InChI=1S/C26H20S4/c1-13-15(3)25-21(19-7-9-27-23(13)19)11-17(29-25)5-6-18-12-22-20-8-10-28-24(20)14(2)16(4)26(22)30-18/h5-12H,1-4H3/b6-5+. The number of hydrogen-bond acceptors (Lipinski definition) is 4. The zero-order valence-electron chi connectivity index (χ0n) is 17.3. The van der Waals surface area contributed by atoms with E-state index in [1.54, 1.807) is 0 Å². The molecule has 0 spiro atoms. The van der Waals surface area contributed by atoms with E-state index in [1.807, 2.05) is 45.3 Å². The predicted octanol–water partition coefficient (Wildman–Crippen LogP) is 9.95. The number of thiophene rings is 4. The minimum Gasteiger partial charge on any atom is -0.144 e. The smallest absolute Gasteiger partial charge is 0.0388 e. The summed E-state index contributed by atoms with van der Waals surface area (Å²) < 4.78 is 5.73. The normalized spacial score (nSPS) is 12.5. The van der Waals surface area contributed by atoms with E-state index >= 15 is 0 Å². The van der Waals surface area contributed by atoms with E-state index in [2.05, 4.69) is 74.9 Å². The summed E-state index contributed by atoms with van der Waals surface area (Å²) in [4.78, 5) is 2.66. The highest BCUT2D eigenvalue weighted by Gasteiger charge is 2.14. The van der Waals surface area contributed by atoms with Crippen LogP contribution in [0, 0.1) is 27.7 Å². The Morgan fingerprint density at radius 3 is 1.37 bits per heavy atom. The molecular weight excluding hydrogens is 441 g/mol. The zero-order chi connectivity index (χ0) is 20.6. The molecule has 0 nitrogen and oxygen atoms in total. The van der Waals surface area contributed by atoms with Crippen LogP contribution in [0.4, 0.5) is 0 Å². The van der Waals surface area contributed by atoms with E-state index in [0.717, 1.165) is 0 Å². The first-order chi connectivity index (χ1) is 14.5. The molecule has 0 aliphatic heterocycles. The predicted molar refractivity (Wildman–Crippen MR) is 142 cm³/mol. The molecule has 6 aromatic rings. The molecule has 0 saturated heterocycles. The molecule has 0 aliphatic carbocycles. The first-order valence-corrected chi connectivity index (χ1v) is 13.4. The first kappa shape index (κ1) is 18.8. The Bertz CT molecular complexity index is 1510. The van der Waals surface area contributed by atoms with Gasteiger partial charge in [0.1, 0.15) is 0 Å². The van der Waals surface area contributed by atoms with Crippen LogP contribution in [0.2, 0.25) is 0 Å². The highest BCUT2D eigenvalue weighted by atomic mass is 32.1. The van der Waals surface area contributed by atoms with Gasteiger partial charge in [0.25, 0.3) is 0 Å². The third kappa shape index (κ3) is 2.61. The SMILES string of the molecule is Cc1c(C)c2sc(/C=C/c3cc4c(s3)c(C)c(C)c3sccc34)cc2c2ccsc12. The molecule has 6 rings (SSSR count). The summed E-state index contributed by atoms with van der Waals surface area (Å²) in [6, 6.07) is 9.30. The average Bonchev–Trinajstić information content (AvgIpc) is 3.51. The van der Waals surface area contributed by atoms with Gasteiger partial charge >= 0.3 is 0 Å². The molecule has 0 unspecified atom stereocenters. The number of aryl methyl sites for hydroxylation is 4. The van der Waals surface area contributed by atoms with Gasteiger partial charge in [-0.2, -0.15) is 0 Å². The molecule has 0 saturated carbocycles. The molecule has 4 heteroatoms. The zero-order valence-corrected chi connectivity index (χ0v) is 20.5. The summed E-state index contributed by atoms with van der Waals surface area (Å²) in [6.45, 7) is 9.05. The third-order valence-corrected chi connectivity index (χ3v) is 10.8. The fourth-order valence-electron chi connectivity index (χ4n) is 4.41. The maximum Gasteiger partial charge on any atom is 0.0388 e. The lowest BCUT2D eigenvalue weighted by atomic mass is 10.0. The van der Waals surface area contributed by atoms with Crippen molar-refractivity contribution in [2.45, 2.75) is 27.7 Å². The van der Waals surface area contributed by atoms with Crippen molar-refractivity contribution in [3.63, 3.8) is 0 Å². The first-order valence-electron chi connectivity index (χ1n) is 10.0. The summed E-state index contributed by atoms with van der Waals surface area (Å²) in [5.74, 6) is 0. The molecule has 4 heterocycles. The van der Waals surface area contributed by atoms with Gasteiger partial charge in [0.15, 0.2) is 0 Å². The molecule has 0 aliphatic rings. The molecule has 0 atom stereocenters. The molecule has 0 bridgehead atoms. The average molecular weight is 461 g/mol. The highest BCUT2D eigenvalue weighted by molar-refractivity contribution is 7.22. The minimum atomic E-state index is 1.33. The Balaban J connectivity index is 1.48. The lowest BCUT2D eigenvalue weighted by molar-refractivity contribution is 1.44. The molecule has 0 amide bonds. The molecular formula is C26H20S4. The van der Waals surface area contributed by atoms with E-state index in [0.29, 0.717) is 0 Å². The van der Waals surface area contributed by atoms with Crippen LogP contribution < -0.4 is 0 Å². The number of benzene rings is 2. The van der Waals surface area contributed by atoms with Gasteiger partial charge in [-0.05, 0) is 97.1 Å². The fourth-order valence-corrected chi connectivity index (χ4v) is 8.63.